The van der Waals surface area contributed by atoms with E-state index in [0.717, 1.165) is 12.2 Å². The van der Waals surface area contributed by atoms with E-state index in [4.69, 9.17) is 26.1 Å². The maximum atomic E-state index is 13.1. The Bertz CT molecular complexity index is 954. The SMILES string of the molecule is O=S(=O)(c1ccc2c(c1)OCCCO2)N1CCN(C(=S)NCc2ccco2)CC1. The van der Waals surface area contributed by atoms with E-state index in [1.54, 1.807) is 24.5 Å². The Kier molecular flexibility index (Phi) is 5.93. The summed E-state index contributed by atoms with van der Waals surface area (Å²) >= 11 is 5.43. The van der Waals surface area contributed by atoms with Crippen LogP contribution in [0.1, 0.15) is 12.2 Å². The third-order valence-corrected chi connectivity index (χ3v) is 7.17. The minimum Gasteiger partial charge on any atom is -0.490 e. The van der Waals surface area contributed by atoms with Gasteiger partial charge >= 0.3 is 0 Å². The highest BCUT2D eigenvalue weighted by Crippen LogP contribution is 2.33. The van der Waals surface area contributed by atoms with Gasteiger partial charge in [0.05, 0.1) is 30.9 Å². The summed E-state index contributed by atoms with van der Waals surface area (Å²) in [6.07, 6.45) is 2.38. The van der Waals surface area contributed by atoms with E-state index in [1.165, 1.54) is 4.31 Å². The lowest BCUT2D eigenvalue weighted by molar-refractivity contribution is 0.263. The first-order valence-electron chi connectivity index (χ1n) is 9.49. The highest BCUT2D eigenvalue weighted by atomic mass is 32.2. The van der Waals surface area contributed by atoms with Gasteiger partial charge in [-0.25, -0.2) is 8.42 Å². The summed E-state index contributed by atoms with van der Waals surface area (Å²) in [6, 6.07) is 8.49. The Morgan fingerprint density at radius 2 is 1.83 bits per heavy atom. The standard InChI is InChI=1S/C19H23N3O5S2/c23-29(24,16-4-5-17-18(13-16)27-12-2-11-26-17)22-8-6-21(7-9-22)19(28)20-14-15-3-1-10-25-15/h1,3-5,10,13H,2,6-9,11-12,14H2,(H,20,28). The normalized spacial score (nSPS) is 17.6. The van der Waals surface area contributed by atoms with Gasteiger partial charge in [0.15, 0.2) is 16.6 Å². The number of fused-ring (bicyclic) bond motifs is 1. The number of sulfonamides is 1. The van der Waals surface area contributed by atoms with Gasteiger partial charge in [0, 0.05) is 38.7 Å². The molecule has 1 saturated heterocycles. The summed E-state index contributed by atoms with van der Waals surface area (Å²) < 4.78 is 44.1. The van der Waals surface area contributed by atoms with Crippen LogP contribution in [-0.2, 0) is 16.6 Å². The van der Waals surface area contributed by atoms with Crippen LogP contribution in [0.25, 0.3) is 0 Å². The molecule has 0 bridgehead atoms. The highest BCUT2D eigenvalue weighted by Gasteiger charge is 2.30. The van der Waals surface area contributed by atoms with E-state index < -0.39 is 10.0 Å². The van der Waals surface area contributed by atoms with E-state index >= 15 is 0 Å². The van der Waals surface area contributed by atoms with Gasteiger partial charge in [-0.1, -0.05) is 0 Å². The lowest BCUT2D eigenvalue weighted by atomic mass is 10.3. The van der Waals surface area contributed by atoms with E-state index in [1.807, 2.05) is 17.0 Å². The van der Waals surface area contributed by atoms with Crippen molar-refractivity contribution in [2.24, 2.45) is 0 Å². The molecular formula is C19H23N3O5S2. The maximum absolute atomic E-state index is 13.1. The van der Waals surface area contributed by atoms with Gasteiger partial charge in [0.2, 0.25) is 10.0 Å². The van der Waals surface area contributed by atoms with Gasteiger partial charge in [-0.3, -0.25) is 0 Å². The van der Waals surface area contributed by atoms with Crippen molar-refractivity contribution >= 4 is 27.4 Å². The predicted molar refractivity (Wildman–Crippen MR) is 111 cm³/mol. The fourth-order valence-electron chi connectivity index (χ4n) is 3.27. The molecule has 0 unspecified atom stereocenters. The molecular weight excluding hydrogens is 414 g/mol. The molecule has 0 atom stereocenters. The Morgan fingerprint density at radius 3 is 2.55 bits per heavy atom. The number of furan rings is 1. The number of hydrogen-bond acceptors (Lipinski definition) is 6. The number of thiocarbonyl (C=S) groups is 1. The number of nitrogens with one attached hydrogen (secondary N) is 1. The molecule has 3 heterocycles. The molecule has 0 spiro atoms. The van der Waals surface area contributed by atoms with Gasteiger partial charge in [-0.15, -0.1) is 0 Å². The van der Waals surface area contributed by atoms with Crippen molar-refractivity contribution in [1.29, 1.82) is 0 Å². The zero-order valence-corrected chi connectivity index (χ0v) is 17.5. The first-order chi connectivity index (χ1) is 14.0. The molecule has 1 fully saturated rings. The van der Waals surface area contributed by atoms with Crippen molar-refractivity contribution < 1.29 is 22.3 Å². The largest absolute Gasteiger partial charge is 0.490 e. The molecule has 8 nitrogen and oxygen atoms in total. The predicted octanol–water partition coefficient (Wildman–Crippen LogP) is 1.82. The van der Waals surface area contributed by atoms with Gasteiger partial charge in [-0.2, -0.15) is 4.31 Å². The van der Waals surface area contributed by atoms with E-state index in [-0.39, 0.29) is 4.90 Å². The van der Waals surface area contributed by atoms with Crippen molar-refractivity contribution in [3.63, 3.8) is 0 Å². The summed E-state index contributed by atoms with van der Waals surface area (Å²) in [6.45, 7) is 3.34. The monoisotopic (exact) mass is 437 g/mol. The van der Waals surface area contributed by atoms with Crippen LogP contribution < -0.4 is 14.8 Å². The van der Waals surface area contributed by atoms with Crippen molar-refractivity contribution in [1.82, 2.24) is 14.5 Å². The van der Waals surface area contributed by atoms with Crippen LogP contribution in [0.5, 0.6) is 11.5 Å². The van der Waals surface area contributed by atoms with Crippen molar-refractivity contribution in [3.8, 4) is 11.5 Å². The van der Waals surface area contributed by atoms with Gasteiger partial charge in [0.1, 0.15) is 5.76 Å². The van der Waals surface area contributed by atoms with E-state index in [2.05, 4.69) is 5.32 Å². The average molecular weight is 438 g/mol. The number of piperazine rings is 1. The Hall–Kier alpha value is -2.30. The number of hydrogen-bond donors (Lipinski definition) is 1. The number of rotatable bonds is 4. The third-order valence-electron chi connectivity index (χ3n) is 4.88. The molecule has 4 rings (SSSR count). The molecule has 156 valence electrons. The molecule has 0 aliphatic carbocycles. The number of benzene rings is 1. The van der Waals surface area contributed by atoms with Crippen molar-refractivity contribution in [2.75, 3.05) is 39.4 Å². The molecule has 1 aromatic carbocycles. The van der Waals surface area contributed by atoms with Crippen LogP contribution in [0, 0.1) is 0 Å². The van der Waals surface area contributed by atoms with Crippen LogP contribution in [0.15, 0.2) is 45.9 Å². The lowest BCUT2D eigenvalue weighted by Crippen LogP contribution is -2.52. The van der Waals surface area contributed by atoms with Crippen molar-refractivity contribution in [2.45, 2.75) is 17.9 Å². The van der Waals surface area contributed by atoms with E-state index in [0.29, 0.717) is 62.5 Å². The topological polar surface area (TPSA) is 84.3 Å². The van der Waals surface area contributed by atoms with E-state index in [9.17, 15) is 8.42 Å². The van der Waals surface area contributed by atoms with Gasteiger partial charge in [-0.05, 0) is 36.5 Å². The van der Waals surface area contributed by atoms with Crippen LogP contribution in [-0.4, -0.2) is 62.1 Å². The Morgan fingerprint density at radius 1 is 1.07 bits per heavy atom. The molecule has 1 aromatic heterocycles. The summed E-state index contributed by atoms with van der Waals surface area (Å²) in [5.74, 6) is 1.85. The molecule has 0 amide bonds. The first-order valence-corrected chi connectivity index (χ1v) is 11.3. The summed E-state index contributed by atoms with van der Waals surface area (Å²) in [5.41, 5.74) is 0. The Labute approximate surface area is 175 Å². The molecule has 2 aliphatic rings. The van der Waals surface area contributed by atoms with Crippen LogP contribution in [0.4, 0.5) is 0 Å². The second-order valence-corrected chi connectivity index (χ2v) is 9.11. The van der Waals surface area contributed by atoms with Gasteiger partial charge < -0.3 is 24.1 Å². The maximum Gasteiger partial charge on any atom is 0.243 e. The summed E-state index contributed by atoms with van der Waals surface area (Å²) in [7, 11) is -3.61. The molecule has 10 heteroatoms. The fourth-order valence-corrected chi connectivity index (χ4v) is 4.97. The lowest BCUT2D eigenvalue weighted by Gasteiger charge is -2.35. The van der Waals surface area contributed by atoms with Gasteiger partial charge in [0.25, 0.3) is 0 Å². The fraction of sp³-hybridized carbons (Fsp3) is 0.421. The zero-order chi connectivity index (χ0) is 20.3. The number of ether oxygens (including phenoxy) is 2. The second kappa shape index (κ2) is 8.60. The second-order valence-electron chi connectivity index (χ2n) is 6.79. The summed E-state index contributed by atoms with van der Waals surface area (Å²) in [5, 5.41) is 3.74. The molecule has 0 radical (unpaired) electrons. The molecule has 2 aliphatic heterocycles. The summed E-state index contributed by atoms with van der Waals surface area (Å²) in [4.78, 5) is 2.19. The van der Waals surface area contributed by atoms with Crippen molar-refractivity contribution in [3.05, 3.63) is 42.4 Å². The van der Waals surface area contributed by atoms with Crippen LogP contribution in [0.2, 0.25) is 0 Å². The quantitative estimate of drug-likeness (QED) is 0.726. The first kappa shape index (κ1) is 20.0. The molecule has 0 saturated carbocycles. The van der Waals surface area contributed by atoms with Crippen LogP contribution in [0.3, 0.4) is 0 Å². The minimum atomic E-state index is -3.61. The zero-order valence-electron chi connectivity index (χ0n) is 15.9. The molecule has 1 N–H and O–H groups in total. The van der Waals surface area contributed by atoms with Crippen LogP contribution >= 0.6 is 12.2 Å². The highest BCUT2D eigenvalue weighted by molar-refractivity contribution is 7.89. The molecule has 29 heavy (non-hydrogen) atoms. The smallest absolute Gasteiger partial charge is 0.243 e. The molecule has 2 aromatic rings. The number of nitrogens with zero attached hydrogens (tertiary/aromatic N) is 2. The third kappa shape index (κ3) is 4.49. The Balaban J connectivity index is 1.37. The minimum absolute atomic E-state index is 0.216. The average Bonchev–Trinajstić information content (AvgIpc) is 3.15.